The Labute approximate surface area is 96.8 Å². The van der Waals surface area contributed by atoms with Gasteiger partial charge in [0.2, 0.25) is 0 Å². The summed E-state index contributed by atoms with van der Waals surface area (Å²) in [5, 5.41) is 3.67. The molecule has 1 unspecified atom stereocenters. The molecule has 1 rings (SSSR count). The summed E-state index contributed by atoms with van der Waals surface area (Å²) in [6.07, 6.45) is 0. The third kappa shape index (κ3) is 2.69. The molecule has 0 heterocycles. The van der Waals surface area contributed by atoms with E-state index in [0.717, 1.165) is 6.54 Å². The number of halogens is 3. The van der Waals surface area contributed by atoms with Gasteiger partial charge >= 0.3 is 0 Å². The first kappa shape index (κ1) is 12.0. The van der Waals surface area contributed by atoms with Crippen LogP contribution in [0.2, 0.25) is 5.02 Å². The Morgan fingerprint density at radius 3 is 2.79 bits per heavy atom. The molecule has 0 aliphatic carbocycles. The summed E-state index contributed by atoms with van der Waals surface area (Å²) in [6.45, 7) is 4.69. The van der Waals surface area contributed by atoms with Crippen LogP contribution in [0.4, 0.5) is 4.39 Å². The first-order valence-corrected chi connectivity index (χ1v) is 5.61. The van der Waals surface area contributed by atoms with Crippen LogP contribution >= 0.6 is 27.5 Å². The van der Waals surface area contributed by atoms with Crippen molar-refractivity contribution in [1.82, 2.24) is 5.32 Å². The minimum atomic E-state index is -0.241. The Morgan fingerprint density at radius 1 is 1.57 bits per heavy atom. The van der Waals surface area contributed by atoms with E-state index in [-0.39, 0.29) is 11.9 Å². The predicted molar refractivity (Wildman–Crippen MR) is 61.2 cm³/mol. The van der Waals surface area contributed by atoms with Gasteiger partial charge in [0.05, 0.1) is 5.02 Å². The number of hydrogen-bond donors (Lipinski definition) is 1. The summed E-state index contributed by atoms with van der Waals surface area (Å²) in [7, 11) is 0. The van der Waals surface area contributed by atoms with Gasteiger partial charge in [-0.3, -0.25) is 0 Å². The van der Waals surface area contributed by atoms with Crippen LogP contribution in [0, 0.1) is 5.82 Å². The molecule has 0 fully saturated rings. The van der Waals surface area contributed by atoms with E-state index in [2.05, 4.69) is 21.2 Å². The van der Waals surface area contributed by atoms with Crippen molar-refractivity contribution in [2.75, 3.05) is 6.54 Å². The van der Waals surface area contributed by atoms with E-state index < -0.39 is 0 Å². The lowest BCUT2D eigenvalue weighted by molar-refractivity contribution is 0.540. The first-order valence-electron chi connectivity index (χ1n) is 4.44. The topological polar surface area (TPSA) is 12.0 Å². The van der Waals surface area contributed by atoms with E-state index in [4.69, 9.17) is 11.6 Å². The third-order valence-corrected chi connectivity index (χ3v) is 3.21. The minimum absolute atomic E-state index is 0.0226. The van der Waals surface area contributed by atoms with Gasteiger partial charge in [-0.15, -0.1) is 0 Å². The van der Waals surface area contributed by atoms with E-state index >= 15 is 0 Å². The number of rotatable bonds is 3. The second-order valence-corrected chi connectivity index (χ2v) is 4.33. The fraction of sp³-hybridized carbons (Fsp3) is 0.400. The van der Waals surface area contributed by atoms with Gasteiger partial charge in [0.1, 0.15) is 5.82 Å². The molecule has 0 aliphatic rings. The summed E-state index contributed by atoms with van der Waals surface area (Å²) in [5.74, 6) is -0.241. The van der Waals surface area contributed by atoms with Gasteiger partial charge in [-0.25, -0.2) is 4.39 Å². The van der Waals surface area contributed by atoms with Crippen molar-refractivity contribution in [2.24, 2.45) is 0 Å². The molecular formula is C10H12BrClFN. The van der Waals surface area contributed by atoms with Crippen molar-refractivity contribution in [2.45, 2.75) is 19.9 Å². The van der Waals surface area contributed by atoms with Gasteiger partial charge < -0.3 is 5.32 Å². The maximum Gasteiger partial charge on any atom is 0.129 e. The molecule has 4 heteroatoms. The maximum atomic E-state index is 13.5. The van der Waals surface area contributed by atoms with Crippen molar-refractivity contribution >= 4 is 27.5 Å². The van der Waals surface area contributed by atoms with Crippen LogP contribution in [0.3, 0.4) is 0 Å². The van der Waals surface area contributed by atoms with E-state index in [9.17, 15) is 4.39 Å². The maximum absolute atomic E-state index is 13.5. The summed E-state index contributed by atoms with van der Waals surface area (Å²) < 4.78 is 14.1. The molecule has 1 atom stereocenters. The van der Waals surface area contributed by atoms with E-state index in [0.29, 0.717) is 15.1 Å². The summed E-state index contributed by atoms with van der Waals surface area (Å²) in [6, 6.07) is 3.02. The zero-order valence-corrected chi connectivity index (χ0v) is 10.4. The van der Waals surface area contributed by atoms with Crippen LogP contribution in [-0.4, -0.2) is 6.54 Å². The van der Waals surface area contributed by atoms with Crippen molar-refractivity contribution in [3.8, 4) is 0 Å². The predicted octanol–water partition coefficient (Wildman–Crippen LogP) is 3.91. The molecule has 0 bridgehead atoms. The number of benzene rings is 1. The normalized spacial score (nSPS) is 12.9. The van der Waals surface area contributed by atoms with Crippen molar-refractivity contribution in [3.05, 3.63) is 33.0 Å². The Hall–Kier alpha value is -0.120. The smallest absolute Gasteiger partial charge is 0.129 e. The quantitative estimate of drug-likeness (QED) is 0.828. The van der Waals surface area contributed by atoms with Crippen LogP contribution in [0.5, 0.6) is 0 Å². The number of hydrogen-bond acceptors (Lipinski definition) is 1. The standard InChI is InChI=1S/C10H12BrClFN/c1-3-14-6(2)7-4-9(12)8(11)5-10(7)13/h4-6,14H,3H2,1-2H3. The lowest BCUT2D eigenvalue weighted by atomic mass is 10.1. The average Bonchev–Trinajstić information content (AvgIpc) is 2.11. The van der Waals surface area contributed by atoms with Crippen molar-refractivity contribution in [3.63, 3.8) is 0 Å². The first-order chi connectivity index (χ1) is 6.56. The van der Waals surface area contributed by atoms with Crippen LogP contribution in [0.15, 0.2) is 16.6 Å². The molecule has 1 aromatic carbocycles. The molecule has 1 N–H and O–H groups in total. The second-order valence-electron chi connectivity index (χ2n) is 3.07. The van der Waals surface area contributed by atoms with Gasteiger partial charge in [-0.1, -0.05) is 18.5 Å². The molecule has 0 amide bonds. The van der Waals surface area contributed by atoms with Crippen LogP contribution < -0.4 is 5.32 Å². The molecule has 1 aromatic rings. The van der Waals surface area contributed by atoms with Crippen LogP contribution in [0.1, 0.15) is 25.5 Å². The summed E-state index contributed by atoms with van der Waals surface area (Å²) >= 11 is 9.06. The summed E-state index contributed by atoms with van der Waals surface area (Å²) in [4.78, 5) is 0. The molecule has 0 spiro atoms. The molecule has 0 saturated carbocycles. The van der Waals surface area contributed by atoms with Gasteiger partial charge in [-0.2, -0.15) is 0 Å². The molecule has 14 heavy (non-hydrogen) atoms. The lowest BCUT2D eigenvalue weighted by Crippen LogP contribution is -2.18. The highest BCUT2D eigenvalue weighted by molar-refractivity contribution is 9.10. The van der Waals surface area contributed by atoms with E-state index in [1.807, 2.05) is 13.8 Å². The fourth-order valence-electron chi connectivity index (χ4n) is 1.29. The van der Waals surface area contributed by atoms with Gasteiger partial charge in [0.25, 0.3) is 0 Å². The highest BCUT2D eigenvalue weighted by atomic mass is 79.9. The molecule has 0 saturated heterocycles. The molecule has 0 aromatic heterocycles. The molecule has 78 valence electrons. The molecular weight excluding hydrogens is 268 g/mol. The lowest BCUT2D eigenvalue weighted by Gasteiger charge is -2.14. The average molecular weight is 281 g/mol. The Kier molecular flexibility index (Phi) is 4.35. The van der Waals surface area contributed by atoms with Crippen LogP contribution in [0.25, 0.3) is 0 Å². The van der Waals surface area contributed by atoms with Crippen LogP contribution in [-0.2, 0) is 0 Å². The highest BCUT2D eigenvalue weighted by Crippen LogP contribution is 2.28. The van der Waals surface area contributed by atoms with Gasteiger partial charge in [-0.05, 0) is 41.5 Å². The van der Waals surface area contributed by atoms with E-state index in [1.54, 1.807) is 6.07 Å². The Bertz CT molecular complexity index is 330. The Morgan fingerprint density at radius 2 is 2.21 bits per heavy atom. The monoisotopic (exact) mass is 279 g/mol. The fourth-order valence-corrected chi connectivity index (χ4v) is 1.77. The van der Waals surface area contributed by atoms with E-state index in [1.165, 1.54) is 6.07 Å². The van der Waals surface area contributed by atoms with Crippen molar-refractivity contribution in [1.29, 1.82) is 0 Å². The van der Waals surface area contributed by atoms with Crippen molar-refractivity contribution < 1.29 is 4.39 Å². The zero-order valence-electron chi connectivity index (χ0n) is 8.07. The zero-order chi connectivity index (χ0) is 10.7. The molecule has 0 radical (unpaired) electrons. The second kappa shape index (κ2) is 5.10. The third-order valence-electron chi connectivity index (χ3n) is 2.02. The minimum Gasteiger partial charge on any atom is -0.310 e. The highest BCUT2D eigenvalue weighted by Gasteiger charge is 2.12. The largest absolute Gasteiger partial charge is 0.310 e. The number of nitrogens with one attached hydrogen (secondary N) is 1. The Balaban J connectivity index is 3.02. The summed E-state index contributed by atoms with van der Waals surface area (Å²) in [5.41, 5.74) is 0.597. The SMILES string of the molecule is CCNC(C)c1cc(Cl)c(Br)cc1F. The molecule has 1 nitrogen and oxygen atoms in total. The van der Waals surface area contributed by atoms with Gasteiger partial charge in [0.15, 0.2) is 0 Å². The molecule has 0 aliphatic heterocycles. The van der Waals surface area contributed by atoms with Gasteiger partial charge in [0, 0.05) is 16.1 Å².